The molecule has 2 bridgehead atoms. The lowest BCUT2D eigenvalue weighted by Gasteiger charge is -2.23. The lowest BCUT2D eigenvalue weighted by Crippen LogP contribution is -2.35. The zero-order chi connectivity index (χ0) is 16.6. The monoisotopic (exact) mass is 327 g/mol. The minimum absolute atomic E-state index is 0.0697. The molecule has 126 valence electrons. The van der Waals surface area contributed by atoms with Gasteiger partial charge in [-0.25, -0.2) is 0 Å². The lowest BCUT2D eigenvalue weighted by atomic mass is 9.88. The standard InChI is InChI=1S/C17H20F3NO2/c1-10(12-4-6-14(7-5-12)23-17(18,19)20)21-16(22)15-9-11-2-3-13(15)8-11/h4-7,10-11,13,15H,2-3,8-9H2,1H3,(H,21,22)/t10-,11-,13-,15-/m0/s1. The lowest BCUT2D eigenvalue weighted by molar-refractivity contribution is -0.274. The number of halogens is 3. The first-order valence-electron chi connectivity index (χ1n) is 7.98. The molecule has 2 aliphatic carbocycles. The molecular weight excluding hydrogens is 307 g/mol. The molecule has 0 radical (unpaired) electrons. The second kappa shape index (κ2) is 6.06. The van der Waals surface area contributed by atoms with Gasteiger partial charge in [0.05, 0.1) is 6.04 Å². The molecular formula is C17H20F3NO2. The number of amides is 1. The van der Waals surface area contributed by atoms with E-state index in [1.54, 1.807) is 12.1 Å². The highest BCUT2D eigenvalue weighted by atomic mass is 19.4. The average molecular weight is 327 g/mol. The van der Waals surface area contributed by atoms with Crippen LogP contribution >= 0.6 is 0 Å². The highest BCUT2D eigenvalue weighted by Crippen LogP contribution is 2.48. The molecule has 0 aromatic heterocycles. The van der Waals surface area contributed by atoms with Crippen molar-refractivity contribution in [3.63, 3.8) is 0 Å². The molecule has 0 unspecified atom stereocenters. The quantitative estimate of drug-likeness (QED) is 0.900. The summed E-state index contributed by atoms with van der Waals surface area (Å²) in [6, 6.07) is 5.40. The fourth-order valence-electron chi connectivity index (χ4n) is 3.93. The molecule has 2 fully saturated rings. The van der Waals surface area contributed by atoms with Gasteiger partial charge in [0.15, 0.2) is 0 Å². The normalized spacial score (nSPS) is 27.7. The van der Waals surface area contributed by atoms with Crippen LogP contribution in [0.1, 0.15) is 44.2 Å². The van der Waals surface area contributed by atoms with E-state index in [9.17, 15) is 18.0 Å². The van der Waals surface area contributed by atoms with Gasteiger partial charge in [0, 0.05) is 5.92 Å². The third-order valence-electron chi connectivity index (χ3n) is 5.05. The number of nitrogens with one attached hydrogen (secondary N) is 1. The van der Waals surface area contributed by atoms with Gasteiger partial charge in [-0.1, -0.05) is 18.6 Å². The number of alkyl halides is 3. The number of hydrogen-bond acceptors (Lipinski definition) is 2. The second-order valence-electron chi connectivity index (χ2n) is 6.63. The van der Waals surface area contributed by atoms with Crippen LogP contribution in [0.5, 0.6) is 5.75 Å². The smallest absolute Gasteiger partial charge is 0.406 e. The molecule has 1 aromatic rings. The predicted octanol–water partition coefficient (Wildman–Crippen LogP) is 4.20. The summed E-state index contributed by atoms with van der Waals surface area (Å²) in [7, 11) is 0. The summed E-state index contributed by atoms with van der Waals surface area (Å²) >= 11 is 0. The van der Waals surface area contributed by atoms with Crippen molar-refractivity contribution < 1.29 is 22.7 Å². The summed E-state index contributed by atoms with van der Waals surface area (Å²) < 4.78 is 40.3. The molecule has 1 aromatic carbocycles. The van der Waals surface area contributed by atoms with Crippen LogP contribution in [0.3, 0.4) is 0 Å². The fraction of sp³-hybridized carbons (Fsp3) is 0.588. The van der Waals surface area contributed by atoms with Crippen LogP contribution in [0, 0.1) is 17.8 Å². The van der Waals surface area contributed by atoms with Crippen LogP contribution in [0.25, 0.3) is 0 Å². The maximum absolute atomic E-state index is 12.4. The Balaban J connectivity index is 1.57. The molecule has 2 aliphatic rings. The molecule has 0 spiro atoms. The first-order valence-corrected chi connectivity index (χ1v) is 7.98. The van der Waals surface area contributed by atoms with Crippen LogP contribution in [0.2, 0.25) is 0 Å². The maximum atomic E-state index is 12.4. The molecule has 2 saturated carbocycles. The highest BCUT2D eigenvalue weighted by molar-refractivity contribution is 5.80. The largest absolute Gasteiger partial charge is 0.573 e. The average Bonchev–Trinajstić information content (AvgIpc) is 3.08. The Morgan fingerprint density at radius 3 is 2.43 bits per heavy atom. The van der Waals surface area contributed by atoms with E-state index in [4.69, 9.17) is 0 Å². The van der Waals surface area contributed by atoms with Gasteiger partial charge in [-0.3, -0.25) is 4.79 Å². The number of benzene rings is 1. The molecule has 1 amide bonds. The van der Waals surface area contributed by atoms with Crippen LogP contribution in [-0.2, 0) is 4.79 Å². The van der Waals surface area contributed by atoms with Crippen LogP contribution in [0.15, 0.2) is 24.3 Å². The molecule has 6 heteroatoms. The number of carbonyl (C=O) groups is 1. The number of ether oxygens (including phenoxy) is 1. The summed E-state index contributed by atoms with van der Waals surface area (Å²) in [5.74, 6) is 1.12. The Kier molecular flexibility index (Phi) is 4.25. The van der Waals surface area contributed by atoms with Crippen molar-refractivity contribution in [2.45, 2.75) is 45.0 Å². The van der Waals surface area contributed by atoms with Crippen molar-refractivity contribution in [1.29, 1.82) is 0 Å². The Hall–Kier alpha value is -1.72. The Morgan fingerprint density at radius 2 is 1.91 bits per heavy atom. The van der Waals surface area contributed by atoms with Crippen LogP contribution in [0.4, 0.5) is 13.2 Å². The zero-order valence-corrected chi connectivity index (χ0v) is 12.9. The summed E-state index contributed by atoms with van der Waals surface area (Å²) in [6.45, 7) is 1.84. The van der Waals surface area contributed by atoms with Gasteiger partial charge < -0.3 is 10.1 Å². The van der Waals surface area contributed by atoms with E-state index in [0.29, 0.717) is 11.8 Å². The molecule has 4 atom stereocenters. The van der Waals surface area contributed by atoms with Crippen molar-refractivity contribution in [2.75, 3.05) is 0 Å². The van der Waals surface area contributed by atoms with Crippen molar-refractivity contribution in [3.05, 3.63) is 29.8 Å². The van der Waals surface area contributed by atoms with Gasteiger partial charge in [-0.05, 0) is 55.7 Å². The van der Waals surface area contributed by atoms with E-state index in [1.165, 1.54) is 18.6 Å². The first kappa shape index (κ1) is 16.1. The molecule has 23 heavy (non-hydrogen) atoms. The predicted molar refractivity (Wildman–Crippen MR) is 78.6 cm³/mol. The van der Waals surface area contributed by atoms with Gasteiger partial charge in [-0.2, -0.15) is 0 Å². The molecule has 0 saturated heterocycles. The van der Waals surface area contributed by atoms with E-state index in [0.717, 1.165) is 24.8 Å². The van der Waals surface area contributed by atoms with Crippen molar-refractivity contribution >= 4 is 5.91 Å². The summed E-state index contributed by atoms with van der Waals surface area (Å²) in [5.41, 5.74) is 0.760. The molecule has 3 rings (SSSR count). The molecule has 0 heterocycles. The van der Waals surface area contributed by atoms with Gasteiger partial charge in [0.2, 0.25) is 5.91 Å². The molecule has 3 nitrogen and oxygen atoms in total. The van der Waals surface area contributed by atoms with E-state index in [-0.39, 0.29) is 23.6 Å². The van der Waals surface area contributed by atoms with Crippen molar-refractivity contribution in [2.24, 2.45) is 17.8 Å². The van der Waals surface area contributed by atoms with E-state index in [2.05, 4.69) is 10.1 Å². The number of hydrogen-bond donors (Lipinski definition) is 1. The minimum atomic E-state index is -4.69. The number of carbonyl (C=O) groups excluding carboxylic acids is 1. The van der Waals surface area contributed by atoms with Crippen molar-refractivity contribution in [3.8, 4) is 5.75 Å². The number of rotatable bonds is 4. The SMILES string of the molecule is C[C@H](NC(=O)[C@H]1C[C@H]2CC[C@H]1C2)c1ccc(OC(F)(F)F)cc1. The Morgan fingerprint density at radius 1 is 1.22 bits per heavy atom. The van der Waals surface area contributed by atoms with Crippen molar-refractivity contribution in [1.82, 2.24) is 5.32 Å². The van der Waals surface area contributed by atoms with Gasteiger partial charge in [-0.15, -0.1) is 13.2 Å². The van der Waals surface area contributed by atoms with Gasteiger partial charge in [0.1, 0.15) is 5.75 Å². The molecule has 1 N–H and O–H groups in total. The fourth-order valence-corrected chi connectivity index (χ4v) is 3.93. The third kappa shape index (κ3) is 3.79. The van der Waals surface area contributed by atoms with Crippen LogP contribution in [-0.4, -0.2) is 12.3 Å². The summed E-state index contributed by atoms with van der Waals surface area (Å²) in [5, 5.41) is 2.99. The first-order chi connectivity index (χ1) is 10.8. The highest BCUT2D eigenvalue weighted by Gasteiger charge is 2.43. The topological polar surface area (TPSA) is 38.3 Å². The summed E-state index contributed by atoms with van der Waals surface area (Å²) in [6.07, 6.45) is -0.175. The van der Waals surface area contributed by atoms with Gasteiger partial charge in [0.25, 0.3) is 0 Å². The minimum Gasteiger partial charge on any atom is -0.406 e. The van der Waals surface area contributed by atoms with Gasteiger partial charge >= 0.3 is 6.36 Å². The van der Waals surface area contributed by atoms with E-state index >= 15 is 0 Å². The molecule has 0 aliphatic heterocycles. The Labute approximate surface area is 133 Å². The van der Waals surface area contributed by atoms with E-state index < -0.39 is 6.36 Å². The third-order valence-corrected chi connectivity index (χ3v) is 5.05. The second-order valence-corrected chi connectivity index (χ2v) is 6.63. The van der Waals surface area contributed by atoms with Crippen LogP contribution < -0.4 is 10.1 Å². The maximum Gasteiger partial charge on any atom is 0.573 e. The number of fused-ring (bicyclic) bond motifs is 2. The Bertz CT molecular complexity index is 570. The zero-order valence-electron chi connectivity index (χ0n) is 12.9. The summed E-state index contributed by atoms with van der Waals surface area (Å²) in [4.78, 5) is 12.4. The van der Waals surface area contributed by atoms with E-state index in [1.807, 2.05) is 6.92 Å².